The van der Waals surface area contributed by atoms with Gasteiger partial charge in [-0.2, -0.15) is 0 Å². The molecule has 1 aliphatic rings. The molecule has 0 unspecified atom stereocenters. The summed E-state index contributed by atoms with van der Waals surface area (Å²) in [5, 5.41) is 0. The number of benzene rings is 1. The molecule has 0 spiro atoms. The van der Waals surface area contributed by atoms with Crippen LogP contribution in [0, 0.1) is 0 Å². The van der Waals surface area contributed by atoms with Crippen molar-refractivity contribution in [1.29, 1.82) is 0 Å². The van der Waals surface area contributed by atoms with Gasteiger partial charge in [-0.3, -0.25) is 4.99 Å². The highest BCUT2D eigenvalue weighted by atomic mass is 15.1. The van der Waals surface area contributed by atoms with Gasteiger partial charge in [-0.15, -0.1) is 0 Å². The Morgan fingerprint density at radius 3 is 2.58 bits per heavy atom. The van der Waals surface area contributed by atoms with Gasteiger partial charge in [0.2, 0.25) is 0 Å². The molecule has 19 heavy (non-hydrogen) atoms. The molecule has 2 atom stereocenters. The van der Waals surface area contributed by atoms with E-state index in [1.165, 1.54) is 12.8 Å². The Labute approximate surface area is 115 Å². The maximum absolute atomic E-state index is 6.19. The number of hydrogen-bond acceptors (Lipinski definition) is 3. The zero-order chi connectivity index (χ0) is 13.8. The van der Waals surface area contributed by atoms with Crippen LogP contribution in [0.15, 0.2) is 29.3 Å². The molecule has 0 aliphatic heterocycles. The maximum atomic E-state index is 6.19. The van der Waals surface area contributed by atoms with Crippen molar-refractivity contribution < 1.29 is 0 Å². The highest BCUT2D eigenvalue weighted by Gasteiger charge is 2.21. The Bertz CT molecular complexity index is 453. The van der Waals surface area contributed by atoms with Crippen LogP contribution in [0.5, 0.6) is 0 Å². The second-order valence-electron chi connectivity index (χ2n) is 5.44. The molecule has 1 saturated carbocycles. The number of anilines is 1. The number of nitrogens with zero attached hydrogens (tertiary/aromatic N) is 2. The van der Waals surface area contributed by atoms with E-state index in [-0.39, 0.29) is 12.1 Å². The molecule has 2 rings (SSSR count). The molecule has 0 aromatic heterocycles. The SMILES string of the molecule is CN(C)c1ccccc1C(N)=N[C@@H]1CCCC[C@@H]1N. The second kappa shape index (κ2) is 6.06. The third-order valence-corrected chi connectivity index (χ3v) is 3.75. The summed E-state index contributed by atoms with van der Waals surface area (Å²) in [7, 11) is 4.02. The largest absolute Gasteiger partial charge is 0.383 e. The highest BCUT2D eigenvalue weighted by Crippen LogP contribution is 2.22. The normalized spacial score (nSPS) is 24.3. The fraction of sp³-hybridized carbons (Fsp3) is 0.533. The fourth-order valence-electron chi connectivity index (χ4n) is 2.63. The number of hydrogen-bond donors (Lipinski definition) is 2. The van der Waals surface area contributed by atoms with E-state index >= 15 is 0 Å². The van der Waals surface area contributed by atoms with E-state index in [4.69, 9.17) is 11.5 Å². The monoisotopic (exact) mass is 260 g/mol. The van der Waals surface area contributed by atoms with Gasteiger partial charge in [-0.05, 0) is 25.0 Å². The Morgan fingerprint density at radius 1 is 1.21 bits per heavy atom. The van der Waals surface area contributed by atoms with E-state index < -0.39 is 0 Å². The summed E-state index contributed by atoms with van der Waals surface area (Å²) in [5.74, 6) is 0.603. The zero-order valence-electron chi connectivity index (χ0n) is 11.8. The molecular formula is C15H24N4. The molecule has 4 nitrogen and oxygen atoms in total. The van der Waals surface area contributed by atoms with E-state index in [1.807, 2.05) is 32.3 Å². The van der Waals surface area contributed by atoms with Crippen molar-refractivity contribution in [2.45, 2.75) is 37.8 Å². The minimum atomic E-state index is 0.152. The van der Waals surface area contributed by atoms with Crippen molar-refractivity contribution in [2.75, 3.05) is 19.0 Å². The van der Waals surface area contributed by atoms with Crippen molar-refractivity contribution in [3.63, 3.8) is 0 Å². The van der Waals surface area contributed by atoms with Gasteiger partial charge in [0.05, 0.1) is 6.04 Å². The van der Waals surface area contributed by atoms with Crippen LogP contribution in [0.3, 0.4) is 0 Å². The van der Waals surface area contributed by atoms with Crippen LogP contribution in [0.25, 0.3) is 0 Å². The quantitative estimate of drug-likeness (QED) is 0.642. The predicted octanol–water partition coefficient (Wildman–Crippen LogP) is 1.73. The van der Waals surface area contributed by atoms with Gasteiger partial charge in [-0.25, -0.2) is 0 Å². The molecule has 1 aromatic rings. The van der Waals surface area contributed by atoms with Crippen LogP contribution >= 0.6 is 0 Å². The van der Waals surface area contributed by atoms with E-state index in [1.54, 1.807) is 0 Å². The Balaban J connectivity index is 2.25. The van der Waals surface area contributed by atoms with Gasteiger partial charge in [0, 0.05) is 31.4 Å². The first kappa shape index (κ1) is 13.9. The third-order valence-electron chi connectivity index (χ3n) is 3.75. The molecule has 1 aromatic carbocycles. The van der Waals surface area contributed by atoms with Crippen molar-refractivity contribution >= 4 is 11.5 Å². The van der Waals surface area contributed by atoms with Crippen LogP contribution in [0.4, 0.5) is 5.69 Å². The second-order valence-corrected chi connectivity index (χ2v) is 5.44. The first-order chi connectivity index (χ1) is 9.09. The molecule has 0 bridgehead atoms. The topological polar surface area (TPSA) is 67.6 Å². The van der Waals surface area contributed by atoms with Crippen LogP contribution in [-0.2, 0) is 0 Å². The Kier molecular flexibility index (Phi) is 4.43. The first-order valence-corrected chi connectivity index (χ1v) is 6.95. The maximum Gasteiger partial charge on any atom is 0.128 e. The number of nitrogens with two attached hydrogens (primary N) is 2. The molecule has 104 valence electrons. The molecule has 0 saturated heterocycles. The highest BCUT2D eigenvalue weighted by molar-refractivity contribution is 6.02. The minimum absolute atomic E-state index is 0.152. The summed E-state index contributed by atoms with van der Waals surface area (Å²) >= 11 is 0. The van der Waals surface area contributed by atoms with Crippen molar-refractivity contribution in [2.24, 2.45) is 16.5 Å². The zero-order valence-corrected chi connectivity index (χ0v) is 11.8. The smallest absolute Gasteiger partial charge is 0.128 e. The van der Waals surface area contributed by atoms with Crippen LogP contribution < -0.4 is 16.4 Å². The van der Waals surface area contributed by atoms with Gasteiger partial charge in [0.25, 0.3) is 0 Å². The summed E-state index contributed by atoms with van der Waals surface area (Å²) in [5.41, 5.74) is 14.4. The van der Waals surface area contributed by atoms with Crippen LogP contribution in [0.1, 0.15) is 31.2 Å². The summed E-state index contributed by atoms with van der Waals surface area (Å²) in [6.07, 6.45) is 4.51. The number of amidine groups is 1. The molecule has 1 fully saturated rings. The summed E-state index contributed by atoms with van der Waals surface area (Å²) in [6.45, 7) is 0. The molecule has 4 N–H and O–H groups in total. The molecule has 0 heterocycles. The standard InChI is InChI=1S/C15H24N4/c1-19(2)14-10-6-3-7-11(14)15(17)18-13-9-5-4-8-12(13)16/h3,6-7,10,12-13H,4-5,8-9,16H2,1-2H3,(H2,17,18)/t12-,13+/m0/s1. The third kappa shape index (κ3) is 3.26. The van der Waals surface area contributed by atoms with Gasteiger partial charge in [0.15, 0.2) is 0 Å². The predicted molar refractivity (Wildman–Crippen MR) is 81.7 cm³/mol. The Morgan fingerprint density at radius 2 is 1.89 bits per heavy atom. The van der Waals surface area contributed by atoms with Crippen LogP contribution in [-0.4, -0.2) is 32.0 Å². The molecule has 0 amide bonds. The fourth-order valence-corrected chi connectivity index (χ4v) is 2.63. The lowest BCUT2D eigenvalue weighted by Gasteiger charge is -2.26. The summed E-state index contributed by atoms with van der Waals surface area (Å²) < 4.78 is 0. The molecular weight excluding hydrogens is 236 g/mol. The van der Waals surface area contributed by atoms with Gasteiger partial charge in [-0.1, -0.05) is 25.0 Å². The lowest BCUT2D eigenvalue weighted by molar-refractivity contribution is 0.386. The molecule has 1 aliphatic carbocycles. The van der Waals surface area contributed by atoms with Gasteiger partial charge < -0.3 is 16.4 Å². The lowest BCUT2D eigenvalue weighted by atomic mass is 9.91. The van der Waals surface area contributed by atoms with Crippen molar-refractivity contribution in [3.05, 3.63) is 29.8 Å². The van der Waals surface area contributed by atoms with E-state index in [0.29, 0.717) is 5.84 Å². The Hall–Kier alpha value is -1.55. The van der Waals surface area contributed by atoms with Gasteiger partial charge >= 0.3 is 0 Å². The van der Waals surface area contributed by atoms with Crippen molar-refractivity contribution in [1.82, 2.24) is 0 Å². The molecule has 4 heteroatoms. The lowest BCUT2D eigenvalue weighted by Crippen LogP contribution is -2.37. The average Bonchev–Trinajstić information content (AvgIpc) is 2.41. The van der Waals surface area contributed by atoms with E-state index in [0.717, 1.165) is 24.1 Å². The van der Waals surface area contributed by atoms with Gasteiger partial charge in [0.1, 0.15) is 5.84 Å². The number of aliphatic imine (C=N–C) groups is 1. The van der Waals surface area contributed by atoms with Crippen molar-refractivity contribution in [3.8, 4) is 0 Å². The van der Waals surface area contributed by atoms with Crippen LogP contribution in [0.2, 0.25) is 0 Å². The molecule has 0 radical (unpaired) electrons. The number of rotatable bonds is 3. The first-order valence-electron chi connectivity index (χ1n) is 6.95. The average molecular weight is 260 g/mol. The van der Waals surface area contributed by atoms with E-state index in [9.17, 15) is 0 Å². The minimum Gasteiger partial charge on any atom is -0.383 e. The summed E-state index contributed by atoms with van der Waals surface area (Å²) in [4.78, 5) is 6.73. The van der Waals surface area contributed by atoms with E-state index in [2.05, 4.69) is 16.0 Å². The number of para-hydroxylation sites is 1. The summed E-state index contributed by atoms with van der Waals surface area (Å²) in [6, 6.07) is 8.40.